The van der Waals surface area contributed by atoms with E-state index in [1.54, 1.807) is 25.2 Å². The lowest BCUT2D eigenvalue weighted by atomic mass is 10.1. The van der Waals surface area contributed by atoms with Gasteiger partial charge in [-0.25, -0.2) is 8.42 Å². The largest absolute Gasteiger partial charge is 0.305 e. The predicted octanol–water partition coefficient (Wildman–Crippen LogP) is 2.93. The van der Waals surface area contributed by atoms with Gasteiger partial charge in [-0.2, -0.15) is 4.31 Å². The molecular formula is C13H18Br2N2O2S. The van der Waals surface area contributed by atoms with E-state index in [9.17, 15) is 8.42 Å². The summed E-state index contributed by atoms with van der Waals surface area (Å²) in [6.07, 6.45) is 1.94. The van der Waals surface area contributed by atoms with E-state index in [0.717, 1.165) is 30.4 Å². The summed E-state index contributed by atoms with van der Waals surface area (Å²) in [5.41, 5.74) is 0. The molecule has 1 aromatic carbocycles. The summed E-state index contributed by atoms with van der Waals surface area (Å²) in [4.78, 5) is 2.49. The van der Waals surface area contributed by atoms with Crippen LogP contribution >= 0.6 is 31.9 Å². The van der Waals surface area contributed by atoms with E-state index in [4.69, 9.17) is 0 Å². The molecule has 0 aliphatic carbocycles. The van der Waals surface area contributed by atoms with Crippen molar-refractivity contribution in [2.24, 2.45) is 0 Å². The average Bonchev–Trinajstić information content (AvgIpc) is 2.37. The molecule has 2 rings (SSSR count). The van der Waals surface area contributed by atoms with Crippen molar-refractivity contribution in [1.82, 2.24) is 9.21 Å². The fourth-order valence-electron chi connectivity index (χ4n) is 2.47. The third-order valence-electron chi connectivity index (χ3n) is 3.66. The van der Waals surface area contributed by atoms with Crippen molar-refractivity contribution in [1.29, 1.82) is 0 Å². The quantitative estimate of drug-likeness (QED) is 0.747. The van der Waals surface area contributed by atoms with E-state index in [1.165, 1.54) is 4.31 Å². The molecule has 20 heavy (non-hydrogen) atoms. The van der Waals surface area contributed by atoms with Crippen molar-refractivity contribution in [3.05, 3.63) is 27.1 Å². The number of piperidine rings is 1. The lowest BCUT2D eigenvalue weighted by Crippen LogP contribution is -2.47. The Hall–Kier alpha value is 0.0500. The Morgan fingerprint density at radius 3 is 2.65 bits per heavy atom. The highest BCUT2D eigenvalue weighted by molar-refractivity contribution is 9.11. The van der Waals surface area contributed by atoms with E-state index in [-0.39, 0.29) is 6.04 Å². The van der Waals surface area contributed by atoms with Crippen LogP contribution in [0.15, 0.2) is 32.0 Å². The summed E-state index contributed by atoms with van der Waals surface area (Å²) in [6.45, 7) is 1.82. The second-order valence-corrected chi connectivity index (χ2v) is 8.89. The number of hydrogen-bond donors (Lipinski definition) is 0. The molecular weight excluding hydrogens is 408 g/mol. The zero-order valence-electron chi connectivity index (χ0n) is 11.5. The molecule has 112 valence electrons. The Bertz CT molecular complexity index is 592. The molecule has 0 saturated carbocycles. The van der Waals surface area contributed by atoms with Gasteiger partial charge in [-0.15, -0.1) is 0 Å². The molecule has 1 atom stereocenters. The van der Waals surface area contributed by atoms with Crippen LogP contribution in [0.1, 0.15) is 12.8 Å². The van der Waals surface area contributed by atoms with Crippen molar-refractivity contribution < 1.29 is 8.42 Å². The van der Waals surface area contributed by atoms with Gasteiger partial charge in [0.2, 0.25) is 10.0 Å². The number of hydrogen-bond acceptors (Lipinski definition) is 3. The lowest BCUT2D eigenvalue weighted by Gasteiger charge is -2.35. The van der Waals surface area contributed by atoms with Gasteiger partial charge in [0.05, 0.1) is 4.90 Å². The highest BCUT2D eigenvalue weighted by atomic mass is 79.9. The molecule has 4 nitrogen and oxygen atoms in total. The molecule has 0 N–H and O–H groups in total. The zero-order chi connectivity index (χ0) is 14.9. The van der Waals surface area contributed by atoms with Gasteiger partial charge in [0.25, 0.3) is 0 Å². The summed E-state index contributed by atoms with van der Waals surface area (Å²) in [5.74, 6) is 0. The predicted molar refractivity (Wildman–Crippen MR) is 87.3 cm³/mol. The number of halogens is 2. The third kappa shape index (κ3) is 3.44. The third-order valence-corrected chi connectivity index (χ3v) is 7.04. The second-order valence-electron chi connectivity index (χ2n) is 5.15. The van der Waals surface area contributed by atoms with Crippen LogP contribution in [0.2, 0.25) is 0 Å². The number of benzene rings is 1. The summed E-state index contributed by atoms with van der Waals surface area (Å²) in [7, 11) is 0.234. The summed E-state index contributed by atoms with van der Waals surface area (Å²) >= 11 is 6.68. The van der Waals surface area contributed by atoms with Gasteiger partial charge in [0.15, 0.2) is 0 Å². The van der Waals surface area contributed by atoms with Crippen LogP contribution in [0.25, 0.3) is 0 Å². The van der Waals surface area contributed by atoms with Crippen LogP contribution in [0.3, 0.4) is 0 Å². The standard InChI is InChI=1S/C13H18Br2N2O2S/c1-16-7-3-4-11(9-16)17(2)20(18,19)13-6-5-10(14)8-12(13)15/h5-6,8,11H,3-4,7,9H2,1-2H3. The van der Waals surface area contributed by atoms with E-state index < -0.39 is 10.0 Å². The maximum absolute atomic E-state index is 12.7. The van der Waals surface area contributed by atoms with Gasteiger partial charge in [-0.1, -0.05) is 15.9 Å². The lowest BCUT2D eigenvalue weighted by molar-refractivity contribution is 0.187. The molecule has 1 aromatic rings. The first kappa shape index (κ1) is 16.4. The second kappa shape index (κ2) is 6.44. The molecule has 1 saturated heterocycles. The van der Waals surface area contributed by atoms with Gasteiger partial charge < -0.3 is 4.90 Å². The minimum atomic E-state index is -3.47. The Morgan fingerprint density at radius 1 is 1.35 bits per heavy atom. The van der Waals surface area contributed by atoms with Crippen LogP contribution in [-0.4, -0.2) is 50.8 Å². The molecule has 0 aromatic heterocycles. The SMILES string of the molecule is CN1CCCC(N(C)S(=O)(=O)c2ccc(Br)cc2Br)C1. The average molecular weight is 426 g/mol. The van der Waals surface area contributed by atoms with Gasteiger partial charge in [-0.05, 0) is 60.6 Å². The molecule has 0 amide bonds. The zero-order valence-corrected chi connectivity index (χ0v) is 15.5. The number of rotatable bonds is 3. The summed E-state index contributed by atoms with van der Waals surface area (Å²) in [6, 6.07) is 5.17. The van der Waals surface area contributed by atoms with Crippen LogP contribution in [0.4, 0.5) is 0 Å². The first-order valence-corrected chi connectivity index (χ1v) is 9.46. The maximum atomic E-state index is 12.7. The van der Waals surface area contributed by atoms with Crippen LogP contribution < -0.4 is 0 Å². The minimum absolute atomic E-state index is 0.0364. The van der Waals surface area contributed by atoms with Gasteiger partial charge in [-0.3, -0.25) is 0 Å². The van der Waals surface area contributed by atoms with Crippen molar-refractivity contribution in [2.45, 2.75) is 23.8 Å². The Balaban J connectivity index is 2.29. The topological polar surface area (TPSA) is 40.6 Å². The minimum Gasteiger partial charge on any atom is -0.305 e. The molecule has 0 spiro atoms. The number of sulfonamides is 1. The first-order valence-electron chi connectivity index (χ1n) is 6.44. The smallest absolute Gasteiger partial charge is 0.244 e. The van der Waals surface area contributed by atoms with Crippen LogP contribution in [-0.2, 0) is 10.0 Å². The fraction of sp³-hybridized carbons (Fsp3) is 0.538. The molecule has 7 heteroatoms. The van der Waals surface area contributed by atoms with E-state index in [2.05, 4.69) is 36.8 Å². The van der Waals surface area contributed by atoms with Gasteiger partial charge in [0.1, 0.15) is 0 Å². The molecule has 0 bridgehead atoms. The maximum Gasteiger partial charge on any atom is 0.244 e. The van der Waals surface area contributed by atoms with Crippen molar-refractivity contribution in [3.8, 4) is 0 Å². The molecule has 0 radical (unpaired) electrons. The number of nitrogens with zero attached hydrogens (tertiary/aromatic N) is 2. The highest BCUT2D eigenvalue weighted by Crippen LogP contribution is 2.29. The van der Waals surface area contributed by atoms with Crippen LogP contribution in [0, 0.1) is 0 Å². The normalized spacial score (nSPS) is 21.4. The van der Waals surface area contributed by atoms with Gasteiger partial charge in [0, 0.05) is 28.6 Å². The van der Waals surface area contributed by atoms with Crippen molar-refractivity contribution in [3.63, 3.8) is 0 Å². The van der Waals surface area contributed by atoms with Gasteiger partial charge >= 0.3 is 0 Å². The molecule has 1 aliphatic rings. The van der Waals surface area contributed by atoms with Crippen LogP contribution in [0.5, 0.6) is 0 Å². The molecule has 1 unspecified atom stereocenters. The number of likely N-dealkylation sites (N-methyl/N-ethyl adjacent to an activating group) is 2. The number of likely N-dealkylation sites (tertiary alicyclic amines) is 1. The van der Waals surface area contributed by atoms with E-state index in [0.29, 0.717) is 9.37 Å². The molecule has 1 heterocycles. The van der Waals surface area contributed by atoms with Crippen molar-refractivity contribution in [2.75, 3.05) is 27.2 Å². The van der Waals surface area contributed by atoms with E-state index in [1.807, 2.05) is 7.05 Å². The van der Waals surface area contributed by atoms with E-state index >= 15 is 0 Å². The Labute approximate surface area is 137 Å². The summed E-state index contributed by atoms with van der Waals surface area (Å²) in [5, 5.41) is 0. The summed E-state index contributed by atoms with van der Waals surface area (Å²) < 4.78 is 28.4. The monoisotopic (exact) mass is 424 g/mol. The Morgan fingerprint density at radius 2 is 2.05 bits per heavy atom. The van der Waals surface area contributed by atoms with Crippen molar-refractivity contribution >= 4 is 41.9 Å². The first-order chi connectivity index (χ1) is 9.32. The fourth-order valence-corrected chi connectivity index (χ4v) is 5.55. The highest BCUT2D eigenvalue weighted by Gasteiger charge is 2.31. The molecule has 1 fully saturated rings. The molecule has 1 aliphatic heterocycles. The Kier molecular flexibility index (Phi) is 5.29.